The highest BCUT2D eigenvalue weighted by atomic mass is 16.5. The number of hydrogen-bond acceptors (Lipinski definition) is 5. The molecule has 1 aliphatic carbocycles. The van der Waals surface area contributed by atoms with Gasteiger partial charge in [0.2, 0.25) is 0 Å². The molecule has 0 aliphatic heterocycles. The van der Waals surface area contributed by atoms with Crippen LogP contribution in [0.3, 0.4) is 0 Å². The van der Waals surface area contributed by atoms with Gasteiger partial charge in [-0.2, -0.15) is 0 Å². The van der Waals surface area contributed by atoms with Crippen LogP contribution in [0.5, 0.6) is 0 Å². The number of hydrogen-bond donors (Lipinski definition) is 4. The fourth-order valence-electron chi connectivity index (χ4n) is 2.08. The van der Waals surface area contributed by atoms with Gasteiger partial charge in [0.15, 0.2) is 17.4 Å². The van der Waals surface area contributed by atoms with E-state index in [0.717, 1.165) is 6.08 Å². The molecular weight excluding hydrogens is 260 g/mol. The molecule has 1 aromatic carbocycles. The number of rotatable bonds is 3. The highest BCUT2D eigenvalue weighted by Crippen LogP contribution is 2.32. The third-order valence-corrected chi connectivity index (χ3v) is 3.14. The molecular formula is C15H16O5. The smallest absolute Gasteiger partial charge is 0.187 e. The first kappa shape index (κ1) is 14.6. The lowest BCUT2D eigenvalue weighted by molar-refractivity contribution is -0.253. The van der Waals surface area contributed by atoms with Gasteiger partial charge in [-0.15, -0.1) is 0 Å². The molecule has 0 saturated heterocycles. The number of aliphatic hydroxyl groups is 4. The van der Waals surface area contributed by atoms with E-state index in [-0.39, 0.29) is 5.78 Å². The van der Waals surface area contributed by atoms with Gasteiger partial charge in [-0.1, -0.05) is 42.5 Å². The summed E-state index contributed by atoms with van der Waals surface area (Å²) in [6, 6.07) is 8.56. The first-order valence-electron chi connectivity index (χ1n) is 6.17. The quantitative estimate of drug-likeness (QED) is 0.277. The van der Waals surface area contributed by atoms with Crippen molar-refractivity contribution in [3.05, 3.63) is 60.2 Å². The van der Waals surface area contributed by atoms with Gasteiger partial charge in [-0.25, -0.2) is 0 Å². The molecule has 106 valence electrons. The Labute approximate surface area is 116 Å². The van der Waals surface area contributed by atoms with Crippen molar-refractivity contribution in [2.75, 3.05) is 0 Å². The van der Waals surface area contributed by atoms with E-state index in [1.54, 1.807) is 30.3 Å². The Bertz CT molecular complexity index is 543. The molecule has 0 heterocycles. The third kappa shape index (κ3) is 3.40. The summed E-state index contributed by atoms with van der Waals surface area (Å²) in [5.74, 6) is -5.72. The van der Waals surface area contributed by atoms with Gasteiger partial charge in [0.1, 0.15) is 0 Å². The van der Waals surface area contributed by atoms with Gasteiger partial charge in [0.05, 0.1) is 6.42 Å². The van der Waals surface area contributed by atoms with Crippen molar-refractivity contribution < 1.29 is 25.2 Å². The molecule has 0 fully saturated rings. The van der Waals surface area contributed by atoms with Crippen LogP contribution in [0, 0.1) is 5.92 Å². The van der Waals surface area contributed by atoms with Gasteiger partial charge in [-0.3, -0.25) is 4.79 Å². The average molecular weight is 276 g/mol. The van der Waals surface area contributed by atoms with Crippen molar-refractivity contribution in [1.82, 2.24) is 0 Å². The predicted molar refractivity (Wildman–Crippen MR) is 71.5 cm³/mol. The molecule has 0 radical (unpaired) electrons. The first-order chi connectivity index (χ1) is 9.30. The Balaban J connectivity index is 2.14. The second-order valence-corrected chi connectivity index (χ2v) is 4.91. The molecule has 1 aromatic rings. The molecule has 20 heavy (non-hydrogen) atoms. The van der Waals surface area contributed by atoms with Gasteiger partial charge < -0.3 is 20.4 Å². The molecule has 0 aromatic heterocycles. The Kier molecular flexibility index (Phi) is 3.87. The topological polar surface area (TPSA) is 98.0 Å². The van der Waals surface area contributed by atoms with Crippen LogP contribution in [0.25, 0.3) is 0 Å². The standard InChI is InChI=1S/C15H16O5/c16-13(11-4-2-1-3-5-11)7-6-12-8-9-14(17,18)10-15(12,19)20/h1-9,12,17-20H,10H2. The van der Waals surface area contributed by atoms with E-state index in [1.165, 1.54) is 18.2 Å². The second kappa shape index (κ2) is 5.30. The van der Waals surface area contributed by atoms with Crippen LogP contribution in [0.1, 0.15) is 16.8 Å². The lowest BCUT2D eigenvalue weighted by Gasteiger charge is -2.36. The van der Waals surface area contributed by atoms with Crippen LogP contribution in [0.4, 0.5) is 0 Å². The number of carbonyl (C=O) groups excluding carboxylic acids is 1. The second-order valence-electron chi connectivity index (χ2n) is 4.91. The normalized spacial score (nSPS) is 23.9. The summed E-state index contributed by atoms with van der Waals surface area (Å²) in [6.45, 7) is 0. The molecule has 0 saturated carbocycles. The van der Waals surface area contributed by atoms with Crippen LogP contribution >= 0.6 is 0 Å². The fraction of sp³-hybridized carbons (Fsp3) is 0.267. The zero-order valence-corrected chi connectivity index (χ0v) is 10.7. The number of carbonyl (C=O) groups is 1. The van der Waals surface area contributed by atoms with Gasteiger partial charge in [0.25, 0.3) is 0 Å². The average Bonchev–Trinajstić information content (AvgIpc) is 2.36. The maximum Gasteiger partial charge on any atom is 0.187 e. The summed E-state index contributed by atoms with van der Waals surface area (Å²) >= 11 is 0. The summed E-state index contributed by atoms with van der Waals surface area (Å²) < 4.78 is 0. The Morgan fingerprint density at radius 1 is 1.15 bits per heavy atom. The molecule has 0 spiro atoms. The summed E-state index contributed by atoms with van der Waals surface area (Å²) in [4.78, 5) is 11.9. The van der Waals surface area contributed by atoms with E-state index in [1.807, 2.05) is 0 Å². The number of benzene rings is 1. The monoisotopic (exact) mass is 276 g/mol. The lowest BCUT2D eigenvalue weighted by Crippen LogP contribution is -2.47. The molecule has 2 rings (SSSR count). The third-order valence-electron chi connectivity index (χ3n) is 3.14. The molecule has 1 atom stereocenters. The fourth-order valence-corrected chi connectivity index (χ4v) is 2.08. The summed E-state index contributed by atoms with van der Waals surface area (Å²) in [7, 11) is 0. The summed E-state index contributed by atoms with van der Waals surface area (Å²) in [6.07, 6.45) is 4.25. The zero-order chi connectivity index (χ0) is 14.8. The minimum atomic E-state index is -2.31. The highest BCUT2D eigenvalue weighted by molar-refractivity contribution is 6.04. The van der Waals surface area contributed by atoms with Crippen LogP contribution in [0.15, 0.2) is 54.6 Å². The van der Waals surface area contributed by atoms with E-state index < -0.39 is 23.9 Å². The molecule has 1 unspecified atom stereocenters. The minimum absolute atomic E-state index is 0.264. The minimum Gasteiger partial charge on any atom is -0.365 e. The van der Waals surface area contributed by atoms with E-state index >= 15 is 0 Å². The number of allylic oxidation sites excluding steroid dienone is 1. The SMILES string of the molecule is O=C(C=CC1C=CC(O)(O)CC1(O)O)c1ccccc1. The van der Waals surface area contributed by atoms with Gasteiger partial charge in [-0.05, 0) is 12.2 Å². The van der Waals surface area contributed by atoms with Gasteiger partial charge in [0, 0.05) is 11.5 Å². The van der Waals surface area contributed by atoms with Crippen molar-refractivity contribution in [2.24, 2.45) is 5.92 Å². The Morgan fingerprint density at radius 2 is 1.80 bits per heavy atom. The van der Waals surface area contributed by atoms with Crippen LogP contribution in [-0.4, -0.2) is 37.8 Å². The molecule has 1 aliphatic rings. The van der Waals surface area contributed by atoms with Gasteiger partial charge >= 0.3 is 0 Å². The largest absolute Gasteiger partial charge is 0.365 e. The molecule has 5 nitrogen and oxygen atoms in total. The van der Waals surface area contributed by atoms with Crippen molar-refractivity contribution in [3.8, 4) is 0 Å². The summed E-state index contributed by atoms with van der Waals surface area (Å²) in [5.41, 5.74) is 0.490. The van der Waals surface area contributed by atoms with E-state index in [9.17, 15) is 25.2 Å². The van der Waals surface area contributed by atoms with Crippen molar-refractivity contribution in [2.45, 2.75) is 18.0 Å². The maximum atomic E-state index is 11.9. The molecule has 5 heteroatoms. The lowest BCUT2D eigenvalue weighted by atomic mass is 9.85. The van der Waals surface area contributed by atoms with Crippen molar-refractivity contribution in [1.29, 1.82) is 0 Å². The van der Waals surface area contributed by atoms with Crippen molar-refractivity contribution in [3.63, 3.8) is 0 Å². The van der Waals surface area contributed by atoms with Crippen LogP contribution < -0.4 is 0 Å². The first-order valence-corrected chi connectivity index (χ1v) is 6.17. The van der Waals surface area contributed by atoms with E-state index in [2.05, 4.69) is 0 Å². The van der Waals surface area contributed by atoms with E-state index in [0.29, 0.717) is 5.56 Å². The molecule has 0 amide bonds. The van der Waals surface area contributed by atoms with E-state index in [4.69, 9.17) is 0 Å². The molecule has 0 bridgehead atoms. The highest BCUT2D eigenvalue weighted by Gasteiger charge is 2.42. The van der Waals surface area contributed by atoms with Crippen molar-refractivity contribution >= 4 is 5.78 Å². The zero-order valence-electron chi connectivity index (χ0n) is 10.7. The van der Waals surface area contributed by atoms with Crippen LogP contribution in [-0.2, 0) is 0 Å². The predicted octanol–water partition coefficient (Wildman–Crippen LogP) is 0.363. The Morgan fingerprint density at radius 3 is 2.40 bits per heavy atom. The molecule has 4 N–H and O–H groups in total. The summed E-state index contributed by atoms with van der Waals surface area (Å²) in [5, 5.41) is 38.2. The Hall–Kier alpha value is -1.79. The maximum absolute atomic E-state index is 11.9. The number of ketones is 1. The van der Waals surface area contributed by atoms with Crippen LogP contribution in [0.2, 0.25) is 0 Å².